The maximum Gasteiger partial charge on any atom is 0.0458 e. The molecule has 0 unspecified atom stereocenters. The Labute approximate surface area is 110 Å². The van der Waals surface area contributed by atoms with Crippen molar-refractivity contribution in [2.45, 2.75) is 33.6 Å². The summed E-state index contributed by atoms with van der Waals surface area (Å²) in [4.78, 5) is 6.01. The molecular weight excluding hydrogens is 220 g/mol. The number of nitrogens with zero attached hydrogens (tertiary/aromatic N) is 1. The summed E-state index contributed by atoms with van der Waals surface area (Å²) >= 11 is 0. The summed E-state index contributed by atoms with van der Waals surface area (Å²) in [6.45, 7) is 10.2. The molecule has 0 atom stereocenters. The van der Waals surface area contributed by atoms with Crippen molar-refractivity contribution >= 4 is 10.9 Å². The highest BCUT2D eigenvalue weighted by Gasteiger charge is 2.09. The number of aromatic amines is 1. The molecule has 0 aliphatic heterocycles. The molecule has 2 nitrogen and oxygen atoms in total. The number of nitrogens with one attached hydrogen (secondary N) is 1. The van der Waals surface area contributed by atoms with E-state index in [-0.39, 0.29) is 0 Å². The van der Waals surface area contributed by atoms with Crippen molar-refractivity contribution in [3.05, 3.63) is 35.5 Å². The second kappa shape index (κ2) is 6.05. The zero-order valence-electron chi connectivity index (χ0n) is 11.8. The number of fused-ring (bicyclic) bond motifs is 1. The first-order valence-corrected chi connectivity index (χ1v) is 7.04. The van der Waals surface area contributed by atoms with Crippen molar-refractivity contribution < 1.29 is 0 Å². The van der Waals surface area contributed by atoms with E-state index in [0.29, 0.717) is 0 Å². The third kappa shape index (κ3) is 2.75. The predicted molar refractivity (Wildman–Crippen MR) is 79.1 cm³/mol. The number of H-pyrrole nitrogens is 1. The van der Waals surface area contributed by atoms with Crippen LogP contribution < -0.4 is 0 Å². The highest BCUT2D eigenvalue weighted by atomic mass is 15.1. The molecule has 0 radical (unpaired) electrons. The molecule has 1 heterocycles. The van der Waals surface area contributed by atoms with Gasteiger partial charge in [0.2, 0.25) is 0 Å². The largest absolute Gasteiger partial charge is 0.358 e. The lowest BCUT2D eigenvalue weighted by atomic mass is 10.1. The Morgan fingerprint density at radius 3 is 2.61 bits per heavy atom. The van der Waals surface area contributed by atoms with Crippen LogP contribution in [-0.4, -0.2) is 29.5 Å². The van der Waals surface area contributed by atoms with Gasteiger partial charge in [0.15, 0.2) is 0 Å². The van der Waals surface area contributed by atoms with E-state index in [9.17, 15) is 0 Å². The standard InChI is InChI=1S/C16H24N2/c1-4-11-18(5-2)12-10-14-13(3)17-16-9-7-6-8-15(14)16/h6-9,17H,4-5,10-12H2,1-3H3. The van der Waals surface area contributed by atoms with Gasteiger partial charge in [0.05, 0.1) is 0 Å². The normalized spacial score (nSPS) is 11.6. The molecule has 1 aromatic heterocycles. The van der Waals surface area contributed by atoms with Gasteiger partial charge in [0.1, 0.15) is 0 Å². The first-order valence-electron chi connectivity index (χ1n) is 7.04. The summed E-state index contributed by atoms with van der Waals surface area (Å²) in [5.41, 5.74) is 4.08. The van der Waals surface area contributed by atoms with Crippen molar-refractivity contribution in [1.82, 2.24) is 9.88 Å². The molecule has 0 saturated carbocycles. The lowest BCUT2D eigenvalue weighted by Gasteiger charge is -2.19. The fraction of sp³-hybridized carbons (Fsp3) is 0.500. The number of aromatic nitrogens is 1. The van der Waals surface area contributed by atoms with Crippen LogP contribution >= 0.6 is 0 Å². The Balaban J connectivity index is 2.13. The maximum absolute atomic E-state index is 3.48. The lowest BCUT2D eigenvalue weighted by Crippen LogP contribution is -2.26. The third-order valence-corrected chi connectivity index (χ3v) is 3.69. The maximum atomic E-state index is 3.48. The van der Waals surface area contributed by atoms with E-state index in [1.807, 2.05) is 0 Å². The van der Waals surface area contributed by atoms with Crippen molar-refractivity contribution in [2.75, 3.05) is 19.6 Å². The van der Waals surface area contributed by atoms with Gasteiger partial charge in [-0.2, -0.15) is 0 Å². The molecule has 0 aliphatic rings. The van der Waals surface area contributed by atoms with E-state index in [1.54, 1.807) is 0 Å². The van der Waals surface area contributed by atoms with Gasteiger partial charge < -0.3 is 9.88 Å². The van der Waals surface area contributed by atoms with Gasteiger partial charge in [0, 0.05) is 23.1 Å². The fourth-order valence-corrected chi connectivity index (χ4v) is 2.67. The van der Waals surface area contributed by atoms with Crippen LogP contribution in [0.25, 0.3) is 10.9 Å². The van der Waals surface area contributed by atoms with Crippen LogP contribution in [0.4, 0.5) is 0 Å². The summed E-state index contributed by atoms with van der Waals surface area (Å²) in [5.74, 6) is 0. The molecule has 0 aliphatic carbocycles. The first kappa shape index (κ1) is 13.2. The van der Waals surface area contributed by atoms with Gasteiger partial charge in [0.25, 0.3) is 0 Å². The van der Waals surface area contributed by atoms with Gasteiger partial charge in [-0.05, 0) is 44.5 Å². The number of hydrogen-bond acceptors (Lipinski definition) is 1. The highest BCUT2D eigenvalue weighted by molar-refractivity contribution is 5.84. The SMILES string of the molecule is CCCN(CC)CCc1c(C)[nH]c2ccccc12. The lowest BCUT2D eigenvalue weighted by molar-refractivity contribution is 0.292. The summed E-state index contributed by atoms with van der Waals surface area (Å²) in [7, 11) is 0. The Morgan fingerprint density at radius 1 is 1.11 bits per heavy atom. The molecule has 0 saturated heterocycles. The summed E-state index contributed by atoms with van der Waals surface area (Å²) in [6, 6.07) is 8.61. The van der Waals surface area contributed by atoms with E-state index in [4.69, 9.17) is 0 Å². The summed E-state index contributed by atoms with van der Waals surface area (Å²) < 4.78 is 0. The van der Waals surface area contributed by atoms with Gasteiger partial charge >= 0.3 is 0 Å². The molecule has 2 aromatic rings. The average Bonchev–Trinajstić information content (AvgIpc) is 2.70. The van der Waals surface area contributed by atoms with Gasteiger partial charge in [-0.25, -0.2) is 0 Å². The van der Waals surface area contributed by atoms with Gasteiger partial charge in [-0.1, -0.05) is 32.0 Å². The van der Waals surface area contributed by atoms with Crippen LogP contribution in [0, 0.1) is 6.92 Å². The van der Waals surface area contributed by atoms with Gasteiger partial charge in [-0.3, -0.25) is 0 Å². The molecule has 0 bridgehead atoms. The molecule has 2 heteroatoms. The second-order valence-corrected chi connectivity index (χ2v) is 4.96. The minimum atomic E-state index is 1.14. The highest BCUT2D eigenvalue weighted by Crippen LogP contribution is 2.22. The molecule has 1 N–H and O–H groups in total. The van der Waals surface area contributed by atoms with E-state index in [2.05, 4.69) is 54.9 Å². The smallest absolute Gasteiger partial charge is 0.0458 e. The van der Waals surface area contributed by atoms with Crippen LogP contribution in [-0.2, 0) is 6.42 Å². The van der Waals surface area contributed by atoms with Crippen LogP contribution in [0.2, 0.25) is 0 Å². The van der Waals surface area contributed by atoms with Crippen molar-refractivity contribution in [1.29, 1.82) is 0 Å². The quantitative estimate of drug-likeness (QED) is 0.820. The zero-order chi connectivity index (χ0) is 13.0. The number of likely N-dealkylation sites (N-methyl/N-ethyl adjacent to an activating group) is 1. The molecule has 1 aromatic carbocycles. The van der Waals surface area contributed by atoms with E-state index in [0.717, 1.165) is 19.5 Å². The van der Waals surface area contributed by atoms with Crippen LogP contribution in [0.3, 0.4) is 0 Å². The second-order valence-electron chi connectivity index (χ2n) is 4.96. The zero-order valence-corrected chi connectivity index (χ0v) is 11.8. The van der Waals surface area contributed by atoms with Gasteiger partial charge in [-0.15, -0.1) is 0 Å². The number of rotatable bonds is 6. The third-order valence-electron chi connectivity index (χ3n) is 3.69. The number of benzene rings is 1. The van der Waals surface area contributed by atoms with E-state index in [1.165, 1.54) is 35.1 Å². The van der Waals surface area contributed by atoms with Crippen molar-refractivity contribution in [3.8, 4) is 0 Å². The Bertz CT molecular complexity index is 499. The molecule has 2 rings (SSSR count). The number of hydrogen-bond donors (Lipinski definition) is 1. The van der Waals surface area contributed by atoms with Crippen molar-refractivity contribution in [3.63, 3.8) is 0 Å². The monoisotopic (exact) mass is 244 g/mol. The fourth-order valence-electron chi connectivity index (χ4n) is 2.67. The van der Waals surface area contributed by atoms with E-state index >= 15 is 0 Å². The summed E-state index contributed by atoms with van der Waals surface area (Å²) in [5, 5.41) is 1.39. The Kier molecular flexibility index (Phi) is 4.43. The molecule has 0 fully saturated rings. The van der Waals surface area contributed by atoms with Crippen LogP contribution in [0.5, 0.6) is 0 Å². The van der Waals surface area contributed by atoms with Crippen molar-refractivity contribution in [2.24, 2.45) is 0 Å². The average molecular weight is 244 g/mol. The van der Waals surface area contributed by atoms with E-state index < -0.39 is 0 Å². The molecule has 0 amide bonds. The van der Waals surface area contributed by atoms with Crippen LogP contribution in [0.1, 0.15) is 31.5 Å². The minimum Gasteiger partial charge on any atom is -0.358 e. The minimum absolute atomic E-state index is 1.14. The first-order chi connectivity index (χ1) is 8.76. The molecule has 0 spiro atoms. The summed E-state index contributed by atoms with van der Waals surface area (Å²) in [6.07, 6.45) is 2.38. The Morgan fingerprint density at radius 2 is 1.89 bits per heavy atom. The number of para-hydroxylation sites is 1. The molecule has 18 heavy (non-hydrogen) atoms. The topological polar surface area (TPSA) is 19.0 Å². The Hall–Kier alpha value is -1.28. The van der Waals surface area contributed by atoms with Crippen LogP contribution in [0.15, 0.2) is 24.3 Å². The molecular formula is C16H24N2. The predicted octanol–water partition coefficient (Wildman–Crippen LogP) is 3.75. The molecule has 98 valence electrons. The number of aryl methyl sites for hydroxylation is 1.